The molecule has 0 fully saturated rings. The van der Waals surface area contributed by atoms with E-state index in [0.29, 0.717) is 0 Å². The van der Waals surface area contributed by atoms with E-state index in [9.17, 15) is 21.6 Å². The van der Waals surface area contributed by atoms with E-state index < -0.39 is 34.4 Å². The van der Waals surface area contributed by atoms with Crippen molar-refractivity contribution in [1.82, 2.24) is 0 Å². The normalized spacial score (nSPS) is 16.1. The highest BCUT2D eigenvalue weighted by Crippen LogP contribution is 2.24. The van der Waals surface area contributed by atoms with Crippen LogP contribution < -0.4 is 0 Å². The molecule has 7 heteroatoms. The molecule has 0 spiro atoms. The highest BCUT2D eigenvalue weighted by molar-refractivity contribution is 7.85. The molecule has 0 aliphatic carbocycles. The van der Waals surface area contributed by atoms with Crippen LogP contribution in [0.5, 0.6) is 0 Å². The van der Waals surface area contributed by atoms with Crippen LogP contribution in [0.25, 0.3) is 0 Å². The first-order valence-corrected chi connectivity index (χ1v) is 4.73. The molecule has 1 N–H and O–H groups in total. The molecule has 0 aromatic heterocycles. The van der Waals surface area contributed by atoms with Gasteiger partial charge in [-0.1, -0.05) is 6.92 Å². The minimum absolute atomic E-state index is 0.855. The molecule has 0 radical (unpaired) electrons. The zero-order chi connectivity index (χ0) is 9.99. The molecule has 74 valence electrons. The Balaban J connectivity index is 4.00. The molecule has 0 aromatic carbocycles. The molecule has 0 aliphatic rings. The van der Waals surface area contributed by atoms with Gasteiger partial charge in [0.1, 0.15) is 0 Å². The Bertz CT molecular complexity index is 231. The van der Waals surface area contributed by atoms with Crippen LogP contribution in [0.2, 0.25) is 0 Å². The van der Waals surface area contributed by atoms with Gasteiger partial charge in [-0.3, -0.25) is 4.55 Å². The molecule has 0 saturated carbocycles. The molecule has 0 bridgehead atoms. The van der Waals surface area contributed by atoms with Crippen LogP contribution in [0.3, 0.4) is 0 Å². The van der Waals surface area contributed by atoms with Crippen LogP contribution in [-0.4, -0.2) is 24.9 Å². The van der Waals surface area contributed by atoms with E-state index in [4.69, 9.17) is 4.55 Å². The zero-order valence-electron chi connectivity index (χ0n) is 6.30. The van der Waals surface area contributed by atoms with Crippen molar-refractivity contribution >= 4 is 10.1 Å². The summed E-state index contributed by atoms with van der Waals surface area (Å²) in [7, 11) is -4.30. The van der Waals surface area contributed by atoms with Crippen LogP contribution in [0.15, 0.2) is 0 Å². The first-order valence-electron chi connectivity index (χ1n) is 3.12. The average Bonchev–Trinajstić information content (AvgIpc) is 1.49. The number of hydrogen-bond donors (Lipinski definition) is 1. The lowest BCUT2D eigenvalue weighted by molar-refractivity contribution is -0.141. The fraction of sp³-hybridized carbons (Fsp3) is 1.00. The van der Waals surface area contributed by atoms with E-state index in [1.165, 1.54) is 0 Å². The SMILES string of the molecule is CC(CC(F)(F)F)CS(=O)(=O)O. The molecular formula is C5H9F3O3S. The number of alkyl halides is 3. The summed E-state index contributed by atoms with van der Waals surface area (Å²) in [5.41, 5.74) is 0. The molecule has 0 saturated heterocycles. The summed E-state index contributed by atoms with van der Waals surface area (Å²) >= 11 is 0. The second-order valence-corrected chi connectivity index (χ2v) is 4.17. The summed E-state index contributed by atoms with van der Waals surface area (Å²) < 4.78 is 63.2. The van der Waals surface area contributed by atoms with E-state index in [0.717, 1.165) is 6.92 Å². The number of halogens is 3. The van der Waals surface area contributed by atoms with Gasteiger partial charge in [-0.15, -0.1) is 0 Å². The van der Waals surface area contributed by atoms with E-state index in [2.05, 4.69) is 0 Å². The topological polar surface area (TPSA) is 54.4 Å². The highest BCUT2D eigenvalue weighted by Gasteiger charge is 2.31. The summed E-state index contributed by atoms with van der Waals surface area (Å²) in [4.78, 5) is 0. The maximum atomic E-state index is 11.6. The monoisotopic (exact) mass is 206 g/mol. The van der Waals surface area contributed by atoms with Gasteiger partial charge in [-0.25, -0.2) is 0 Å². The zero-order valence-corrected chi connectivity index (χ0v) is 7.11. The maximum absolute atomic E-state index is 11.6. The summed E-state index contributed by atoms with van der Waals surface area (Å²) in [5.74, 6) is -1.97. The molecule has 0 rings (SSSR count). The quantitative estimate of drug-likeness (QED) is 0.711. The minimum atomic E-state index is -4.38. The van der Waals surface area contributed by atoms with E-state index in [1.807, 2.05) is 0 Å². The summed E-state index contributed by atoms with van der Waals surface area (Å²) in [5, 5.41) is 0. The van der Waals surface area contributed by atoms with Gasteiger partial charge in [0.2, 0.25) is 0 Å². The molecule has 3 nitrogen and oxygen atoms in total. The lowest BCUT2D eigenvalue weighted by atomic mass is 10.1. The molecule has 0 heterocycles. The molecule has 12 heavy (non-hydrogen) atoms. The fourth-order valence-electron chi connectivity index (χ4n) is 0.814. The second-order valence-electron chi connectivity index (χ2n) is 2.67. The van der Waals surface area contributed by atoms with Gasteiger partial charge in [0.15, 0.2) is 0 Å². The van der Waals surface area contributed by atoms with Crippen molar-refractivity contribution in [3.8, 4) is 0 Å². The standard InChI is InChI=1S/C5H9F3O3S/c1-4(2-5(6,7)8)3-12(9,10)11/h4H,2-3H2,1H3,(H,9,10,11). The van der Waals surface area contributed by atoms with Gasteiger partial charge in [0, 0.05) is 6.42 Å². The number of rotatable bonds is 3. The Morgan fingerprint density at radius 3 is 2.08 bits per heavy atom. The van der Waals surface area contributed by atoms with Crippen molar-refractivity contribution in [2.45, 2.75) is 19.5 Å². The van der Waals surface area contributed by atoms with Gasteiger partial charge < -0.3 is 0 Å². The van der Waals surface area contributed by atoms with E-state index in [1.54, 1.807) is 0 Å². The Morgan fingerprint density at radius 1 is 1.42 bits per heavy atom. The van der Waals surface area contributed by atoms with Gasteiger partial charge in [0.25, 0.3) is 10.1 Å². The van der Waals surface area contributed by atoms with Crippen LogP contribution >= 0.6 is 0 Å². The van der Waals surface area contributed by atoms with Crippen molar-refractivity contribution in [2.24, 2.45) is 5.92 Å². The number of hydrogen-bond acceptors (Lipinski definition) is 2. The highest BCUT2D eigenvalue weighted by atomic mass is 32.2. The second kappa shape index (κ2) is 3.61. The Kier molecular flexibility index (Phi) is 3.52. The maximum Gasteiger partial charge on any atom is 0.389 e. The predicted molar refractivity (Wildman–Crippen MR) is 36.3 cm³/mol. The van der Waals surface area contributed by atoms with Crippen molar-refractivity contribution in [1.29, 1.82) is 0 Å². The first-order chi connectivity index (χ1) is 5.10. The fourth-order valence-corrected chi connectivity index (χ4v) is 1.65. The largest absolute Gasteiger partial charge is 0.389 e. The molecule has 1 atom stereocenters. The van der Waals surface area contributed by atoms with Gasteiger partial charge >= 0.3 is 6.18 Å². The van der Waals surface area contributed by atoms with Crippen molar-refractivity contribution in [3.63, 3.8) is 0 Å². The van der Waals surface area contributed by atoms with Gasteiger partial charge in [-0.2, -0.15) is 21.6 Å². The Hall–Kier alpha value is -0.300. The molecule has 0 amide bonds. The van der Waals surface area contributed by atoms with Crippen molar-refractivity contribution < 1.29 is 26.1 Å². The lowest BCUT2D eigenvalue weighted by Crippen LogP contribution is -2.19. The van der Waals surface area contributed by atoms with Crippen LogP contribution in [0, 0.1) is 5.92 Å². The van der Waals surface area contributed by atoms with Crippen LogP contribution in [0.4, 0.5) is 13.2 Å². The first kappa shape index (κ1) is 11.7. The molecule has 1 unspecified atom stereocenters. The van der Waals surface area contributed by atoms with Gasteiger partial charge in [-0.05, 0) is 5.92 Å². The molecule has 0 aromatic rings. The summed E-state index contributed by atoms with van der Waals surface area (Å²) in [6.07, 6.45) is -5.59. The third kappa shape index (κ3) is 7.80. The van der Waals surface area contributed by atoms with Gasteiger partial charge in [0.05, 0.1) is 5.75 Å². The lowest BCUT2D eigenvalue weighted by Gasteiger charge is -2.11. The van der Waals surface area contributed by atoms with E-state index >= 15 is 0 Å². The molecular weight excluding hydrogens is 197 g/mol. The van der Waals surface area contributed by atoms with Crippen molar-refractivity contribution in [3.05, 3.63) is 0 Å². The third-order valence-electron chi connectivity index (χ3n) is 1.08. The average molecular weight is 206 g/mol. The predicted octanol–water partition coefficient (Wildman–Crippen LogP) is 1.46. The van der Waals surface area contributed by atoms with Crippen LogP contribution in [0.1, 0.15) is 13.3 Å². The smallest absolute Gasteiger partial charge is 0.286 e. The summed E-state index contributed by atoms with van der Waals surface area (Å²) in [6, 6.07) is 0. The summed E-state index contributed by atoms with van der Waals surface area (Å²) in [6.45, 7) is 1.11. The Morgan fingerprint density at radius 2 is 1.83 bits per heavy atom. The Labute approximate surface area is 68.3 Å². The minimum Gasteiger partial charge on any atom is -0.286 e. The van der Waals surface area contributed by atoms with E-state index in [-0.39, 0.29) is 0 Å². The molecule has 0 aliphatic heterocycles. The third-order valence-corrected chi connectivity index (χ3v) is 2.07. The van der Waals surface area contributed by atoms with Crippen molar-refractivity contribution in [2.75, 3.05) is 5.75 Å². The van der Waals surface area contributed by atoms with Crippen LogP contribution in [-0.2, 0) is 10.1 Å².